The zero-order chi connectivity index (χ0) is 15.2. The number of rotatable bonds is 2. The highest BCUT2D eigenvalue weighted by Crippen LogP contribution is 2.48. The molecule has 2 aliphatic heterocycles. The van der Waals surface area contributed by atoms with Crippen molar-refractivity contribution in [3.05, 3.63) is 23.8 Å². The third-order valence-corrected chi connectivity index (χ3v) is 4.13. The first-order valence-electron chi connectivity index (χ1n) is 6.52. The summed E-state index contributed by atoms with van der Waals surface area (Å²) in [7, 11) is 2.94. The highest BCUT2D eigenvalue weighted by Gasteiger charge is 2.56. The van der Waals surface area contributed by atoms with Crippen molar-refractivity contribution in [2.45, 2.75) is 18.7 Å². The molecule has 2 aliphatic rings. The number of carbonyl (C=O) groups is 1. The average molecular weight is 308 g/mol. The molecule has 1 aromatic rings. The molecule has 2 heterocycles. The lowest BCUT2D eigenvalue weighted by atomic mass is 9.80. The maximum absolute atomic E-state index is 12.2. The van der Waals surface area contributed by atoms with Gasteiger partial charge in [-0.1, -0.05) is 12.1 Å². The summed E-state index contributed by atoms with van der Waals surface area (Å²) in [6.45, 7) is 1.78. The first-order valence-corrected chi connectivity index (χ1v) is 6.93. The molecule has 1 saturated heterocycles. The minimum atomic E-state index is -0.984. The highest BCUT2D eigenvalue weighted by molar-refractivity contribution is 7.80. The van der Waals surface area contributed by atoms with Crippen molar-refractivity contribution in [1.29, 1.82) is 0 Å². The summed E-state index contributed by atoms with van der Waals surface area (Å²) in [5.41, 5.74) is -0.159. The molecule has 6 nitrogen and oxygen atoms in total. The first kappa shape index (κ1) is 13.9. The molecule has 0 amide bonds. The first-order chi connectivity index (χ1) is 10.00. The molecule has 7 heteroatoms. The number of ether oxygens (including phenoxy) is 3. The molecule has 21 heavy (non-hydrogen) atoms. The van der Waals surface area contributed by atoms with Crippen molar-refractivity contribution in [2.24, 2.45) is 5.92 Å². The van der Waals surface area contributed by atoms with Gasteiger partial charge in [-0.2, -0.15) is 0 Å². The van der Waals surface area contributed by atoms with E-state index in [1.807, 2.05) is 18.2 Å². The summed E-state index contributed by atoms with van der Waals surface area (Å²) in [6.07, 6.45) is 0. The zero-order valence-corrected chi connectivity index (χ0v) is 12.7. The van der Waals surface area contributed by atoms with E-state index in [9.17, 15) is 4.79 Å². The number of nitrogens with one attached hydrogen (secondary N) is 2. The molecule has 0 aliphatic carbocycles. The second-order valence-electron chi connectivity index (χ2n) is 5.16. The van der Waals surface area contributed by atoms with Crippen LogP contribution in [0.25, 0.3) is 0 Å². The second kappa shape index (κ2) is 4.77. The molecule has 0 aromatic heterocycles. The average Bonchev–Trinajstić information content (AvgIpc) is 2.44. The van der Waals surface area contributed by atoms with E-state index in [1.165, 1.54) is 7.11 Å². The van der Waals surface area contributed by atoms with Gasteiger partial charge in [0.15, 0.2) is 22.3 Å². The molecule has 2 N–H and O–H groups in total. The summed E-state index contributed by atoms with van der Waals surface area (Å²) in [6, 6.07) is 5.23. The van der Waals surface area contributed by atoms with Gasteiger partial charge in [0.25, 0.3) is 0 Å². The van der Waals surface area contributed by atoms with Crippen LogP contribution in [-0.2, 0) is 9.53 Å². The number of carbonyl (C=O) groups excluding carboxylic acids is 1. The number of hydrogen-bond acceptors (Lipinski definition) is 5. The van der Waals surface area contributed by atoms with E-state index >= 15 is 0 Å². The zero-order valence-electron chi connectivity index (χ0n) is 11.9. The van der Waals surface area contributed by atoms with Crippen LogP contribution in [-0.4, -0.2) is 31.0 Å². The van der Waals surface area contributed by atoms with Gasteiger partial charge in [0, 0.05) is 5.56 Å². The summed E-state index contributed by atoms with van der Waals surface area (Å²) in [5, 5.41) is 6.59. The number of thiocarbonyl (C=S) groups is 1. The molecular weight excluding hydrogens is 292 g/mol. The van der Waals surface area contributed by atoms with Crippen LogP contribution in [0.2, 0.25) is 0 Å². The number of benzene rings is 1. The molecule has 3 rings (SSSR count). The third kappa shape index (κ3) is 1.99. The van der Waals surface area contributed by atoms with Crippen LogP contribution < -0.4 is 20.1 Å². The quantitative estimate of drug-likeness (QED) is 0.626. The van der Waals surface area contributed by atoms with Gasteiger partial charge in [-0.25, -0.2) is 0 Å². The third-order valence-electron chi connectivity index (χ3n) is 3.91. The van der Waals surface area contributed by atoms with E-state index in [2.05, 4.69) is 10.6 Å². The normalized spacial score (nSPS) is 29.4. The van der Waals surface area contributed by atoms with Crippen molar-refractivity contribution >= 4 is 23.3 Å². The Labute approximate surface area is 127 Å². The molecule has 0 radical (unpaired) electrons. The predicted octanol–water partition coefficient (Wildman–Crippen LogP) is 1.11. The molecule has 0 unspecified atom stereocenters. The van der Waals surface area contributed by atoms with Crippen LogP contribution in [0, 0.1) is 5.92 Å². The van der Waals surface area contributed by atoms with Crippen molar-refractivity contribution in [3.63, 3.8) is 0 Å². The molecule has 1 aromatic carbocycles. The molecule has 0 saturated carbocycles. The minimum absolute atomic E-state index is 0.324. The van der Waals surface area contributed by atoms with E-state index in [1.54, 1.807) is 14.0 Å². The van der Waals surface area contributed by atoms with Crippen molar-refractivity contribution in [2.75, 3.05) is 14.2 Å². The number of fused-ring (bicyclic) bond motifs is 4. The largest absolute Gasteiger partial charge is 0.493 e. The van der Waals surface area contributed by atoms with E-state index in [0.29, 0.717) is 16.6 Å². The van der Waals surface area contributed by atoms with Gasteiger partial charge in [0.2, 0.25) is 0 Å². The van der Waals surface area contributed by atoms with E-state index < -0.39 is 11.6 Å². The predicted molar refractivity (Wildman–Crippen MR) is 79.1 cm³/mol. The van der Waals surface area contributed by atoms with Crippen molar-refractivity contribution in [1.82, 2.24) is 10.6 Å². The topological polar surface area (TPSA) is 68.8 Å². The van der Waals surface area contributed by atoms with E-state index in [-0.39, 0.29) is 12.0 Å². The van der Waals surface area contributed by atoms with Gasteiger partial charge in [-0.15, -0.1) is 0 Å². The Bertz CT molecular complexity index is 621. The Balaban J connectivity index is 2.17. The van der Waals surface area contributed by atoms with Gasteiger partial charge < -0.3 is 24.8 Å². The molecule has 1 fully saturated rings. The Morgan fingerprint density at radius 3 is 2.86 bits per heavy atom. The lowest BCUT2D eigenvalue weighted by molar-refractivity contribution is -0.159. The Kier molecular flexibility index (Phi) is 3.16. The van der Waals surface area contributed by atoms with E-state index in [4.69, 9.17) is 26.4 Å². The summed E-state index contributed by atoms with van der Waals surface area (Å²) in [5.74, 6) is 0.297. The number of hydrogen-bond donors (Lipinski definition) is 2. The fourth-order valence-corrected chi connectivity index (χ4v) is 3.31. The van der Waals surface area contributed by atoms with Gasteiger partial charge in [0.1, 0.15) is 5.92 Å². The second-order valence-corrected chi connectivity index (χ2v) is 5.57. The minimum Gasteiger partial charge on any atom is -0.493 e. The fourth-order valence-electron chi connectivity index (χ4n) is 2.98. The van der Waals surface area contributed by atoms with Crippen LogP contribution >= 0.6 is 12.2 Å². The maximum Gasteiger partial charge on any atom is 0.317 e. The van der Waals surface area contributed by atoms with Gasteiger partial charge in [0.05, 0.1) is 20.3 Å². The molecule has 0 spiro atoms. The Hall–Kier alpha value is -2.02. The van der Waals surface area contributed by atoms with Crippen LogP contribution in [0.3, 0.4) is 0 Å². The SMILES string of the molecule is COC(=O)[C@H]1[C@@H]2NC(=S)N[C@@]1(C)Oc1c(OC)cccc12. The smallest absolute Gasteiger partial charge is 0.317 e. The van der Waals surface area contributed by atoms with Crippen molar-refractivity contribution in [3.8, 4) is 11.5 Å². The van der Waals surface area contributed by atoms with Gasteiger partial charge in [-0.3, -0.25) is 4.79 Å². The van der Waals surface area contributed by atoms with Crippen LogP contribution in [0.1, 0.15) is 18.5 Å². The number of esters is 1. The van der Waals surface area contributed by atoms with Gasteiger partial charge >= 0.3 is 5.97 Å². The lowest BCUT2D eigenvalue weighted by Crippen LogP contribution is -2.70. The highest BCUT2D eigenvalue weighted by atomic mass is 32.1. The number of para-hydroxylation sites is 1. The summed E-state index contributed by atoms with van der Waals surface area (Å²) < 4.78 is 16.3. The van der Waals surface area contributed by atoms with Crippen molar-refractivity contribution < 1.29 is 19.0 Å². The van der Waals surface area contributed by atoms with E-state index in [0.717, 1.165) is 5.56 Å². The standard InChI is InChI=1S/C14H16N2O4S/c1-14-9(12(17)19-3)10(15-13(21)16-14)7-5-4-6-8(18-2)11(7)20-14/h4-6,9-10H,1-3H3,(H2,15,16,21)/t9-,10-,14+/m1/s1. The van der Waals surface area contributed by atoms with Crippen LogP contribution in [0.5, 0.6) is 11.5 Å². The number of methoxy groups -OCH3 is 2. The van der Waals surface area contributed by atoms with Crippen LogP contribution in [0.15, 0.2) is 18.2 Å². The molecule has 3 atom stereocenters. The summed E-state index contributed by atoms with van der Waals surface area (Å²) in [4.78, 5) is 12.2. The molecule has 2 bridgehead atoms. The molecule has 112 valence electrons. The Morgan fingerprint density at radius 1 is 1.43 bits per heavy atom. The fraction of sp³-hybridized carbons (Fsp3) is 0.429. The molecular formula is C14H16N2O4S. The van der Waals surface area contributed by atoms with Gasteiger partial charge in [-0.05, 0) is 25.2 Å². The summed E-state index contributed by atoms with van der Waals surface area (Å²) >= 11 is 5.21. The monoisotopic (exact) mass is 308 g/mol. The van der Waals surface area contributed by atoms with Crippen LogP contribution in [0.4, 0.5) is 0 Å². The Morgan fingerprint density at radius 2 is 2.19 bits per heavy atom. The maximum atomic E-state index is 12.2. The lowest BCUT2D eigenvalue weighted by Gasteiger charge is -2.50.